The van der Waals surface area contributed by atoms with Crippen LogP contribution >= 0.6 is 0 Å². The minimum atomic E-state index is -0.361. The van der Waals surface area contributed by atoms with Gasteiger partial charge in [-0.3, -0.25) is 0 Å². The summed E-state index contributed by atoms with van der Waals surface area (Å²) in [6.07, 6.45) is 1.53. The highest BCUT2D eigenvalue weighted by Gasteiger charge is 2.10. The van der Waals surface area contributed by atoms with Crippen molar-refractivity contribution < 1.29 is 4.39 Å². The Morgan fingerprint density at radius 2 is 2.43 bits per heavy atom. The van der Waals surface area contributed by atoms with Gasteiger partial charge in [0.1, 0.15) is 0 Å². The summed E-state index contributed by atoms with van der Waals surface area (Å²) in [7, 11) is 1.72. The molecule has 0 radical (unpaired) electrons. The van der Waals surface area contributed by atoms with Crippen LogP contribution in [0.15, 0.2) is 18.3 Å². The number of nitrogens with zero attached hydrogens (tertiary/aromatic N) is 3. The Balaban J connectivity index is 2.75. The fourth-order valence-corrected chi connectivity index (χ4v) is 1.20. The Labute approximate surface area is 82.8 Å². The standard InChI is InChI=1S/C10H12FN3/c1-8(6-12)7-14(2)10-9(11)4-3-5-13-10/h3-5,8H,7H2,1-2H3. The highest BCUT2D eigenvalue weighted by Crippen LogP contribution is 2.14. The lowest BCUT2D eigenvalue weighted by Gasteiger charge is -2.19. The van der Waals surface area contributed by atoms with Gasteiger partial charge in [-0.25, -0.2) is 9.37 Å². The van der Waals surface area contributed by atoms with Gasteiger partial charge in [-0.2, -0.15) is 5.26 Å². The maximum absolute atomic E-state index is 13.2. The van der Waals surface area contributed by atoms with E-state index in [0.717, 1.165) is 0 Å². The van der Waals surface area contributed by atoms with Crippen LogP contribution in [-0.2, 0) is 0 Å². The monoisotopic (exact) mass is 193 g/mol. The van der Waals surface area contributed by atoms with E-state index in [0.29, 0.717) is 6.54 Å². The molecule has 1 aromatic heterocycles. The number of halogens is 1. The van der Waals surface area contributed by atoms with Crippen LogP contribution in [0.3, 0.4) is 0 Å². The first kappa shape index (κ1) is 10.5. The SMILES string of the molecule is CC(C#N)CN(C)c1ncccc1F. The van der Waals surface area contributed by atoms with Crippen molar-refractivity contribution in [3.05, 3.63) is 24.1 Å². The molecule has 1 atom stereocenters. The van der Waals surface area contributed by atoms with Crippen molar-refractivity contribution in [1.29, 1.82) is 5.26 Å². The number of anilines is 1. The molecule has 1 aromatic rings. The molecule has 14 heavy (non-hydrogen) atoms. The molecule has 4 heteroatoms. The van der Waals surface area contributed by atoms with E-state index >= 15 is 0 Å². The van der Waals surface area contributed by atoms with E-state index < -0.39 is 0 Å². The van der Waals surface area contributed by atoms with Crippen LogP contribution in [0.2, 0.25) is 0 Å². The zero-order chi connectivity index (χ0) is 10.6. The molecule has 0 aromatic carbocycles. The van der Waals surface area contributed by atoms with E-state index in [9.17, 15) is 4.39 Å². The summed E-state index contributed by atoms with van der Waals surface area (Å²) in [5, 5.41) is 8.61. The van der Waals surface area contributed by atoms with Gasteiger partial charge in [-0.1, -0.05) is 0 Å². The second-order valence-corrected chi connectivity index (χ2v) is 3.22. The van der Waals surface area contributed by atoms with Crippen LogP contribution in [0.4, 0.5) is 10.2 Å². The lowest BCUT2D eigenvalue weighted by molar-refractivity contribution is 0.607. The predicted molar refractivity (Wildman–Crippen MR) is 52.2 cm³/mol. The fourth-order valence-electron chi connectivity index (χ4n) is 1.20. The highest BCUT2D eigenvalue weighted by atomic mass is 19.1. The maximum Gasteiger partial charge on any atom is 0.165 e. The third kappa shape index (κ3) is 2.43. The van der Waals surface area contributed by atoms with E-state index in [4.69, 9.17) is 5.26 Å². The Morgan fingerprint density at radius 1 is 1.71 bits per heavy atom. The van der Waals surface area contributed by atoms with Gasteiger partial charge in [0.25, 0.3) is 0 Å². The van der Waals surface area contributed by atoms with Crippen LogP contribution in [-0.4, -0.2) is 18.6 Å². The van der Waals surface area contributed by atoms with E-state index in [1.54, 1.807) is 24.9 Å². The molecule has 0 aliphatic heterocycles. The van der Waals surface area contributed by atoms with Crippen LogP contribution < -0.4 is 4.90 Å². The number of aromatic nitrogens is 1. The van der Waals surface area contributed by atoms with Crippen molar-refractivity contribution in [2.75, 3.05) is 18.5 Å². The fraction of sp³-hybridized carbons (Fsp3) is 0.400. The number of hydrogen-bond acceptors (Lipinski definition) is 3. The molecule has 0 N–H and O–H groups in total. The van der Waals surface area contributed by atoms with Gasteiger partial charge in [0.15, 0.2) is 11.6 Å². The van der Waals surface area contributed by atoms with Crippen LogP contribution in [0.25, 0.3) is 0 Å². The second kappa shape index (κ2) is 4.56. The Hall–Kier alpha value is -1.63. The zero-order valence-electron chi connectivity index (χ0n) is 8.24. The minimum Gasteiger partial charge on any atom is -0.356 e. The normalized spacial score (nSPS) is 11.9. The molecular weight excluding hydrogens is 181 g/mol. The van der Waals surface area contributed by atoms with E-state index in [2.05, 4.69) is 11.1 Å². The van der Waals surface area contributed by atoms with Gasteiger partial charge in [-0.15, -0.1) is 0 Å². The number of pyridine rings is 1. The smallest absolute Gasteiger partial charge is 0.165 e. The molecule has 0 aliphatic carbocycles. The van der Waals surface area contributed by atoms with Crippen LogP contribution in [0.1, 0.15) is 6.92 Å². The summed E-state index contributed by atoms with van der Waals surface area (Å²) in [6, 6.07) is 4.99. The van der Waals surface area contributed by atoms with Gasteiger partial charge in [-0.05, 0) is 19.1 Å². The Morgan fingerprint density at radius 3 is 3.00 bits per heavy atom. The summed E-state index contributed by atoms with van der Waals surface area (Å²) >= 11 is 0. The summed E-state index contributed by atoms with van der Waals surface area (Å²) in [6.45, 7) is 2.27. The van der Waals surface area contributed by atoms with Crippen LogP contribution in [0.5, 0.6) is 0 Å². The minimum absolute atomic E-state index is 0.138. The predicted octanol–water partition coefficient (Wildman–Crippen LogP) is 1.82. The van der Waals surface area contributed by atoms with Crippen molar-refractivity contribution in [3.63, 3.8) is 0 Å². The molecule has 0 bridgehead atoms. The van der Waals surface area contributed by atoms with Crippen molar-refractivity contribution in [1.82, 2.24) is 4.98 Å². The number of hydrogen-bond donors (Lipinski definition) is 0. The van der Waals surface area contributed by atoms with Gasteiger partial charge >= 0.3 is 0 Å². The first-order valence-corrected chi connectivity index (χ1v) is 4.36. The Kier molecular flexibility index (Phi) is 3.41. The zero-order valence-corrected chi connectivity index (χ0v) is 8.24. The summed E-state index contributed by atoms with van der Waals surface area (Å²) in [5.74, 6) is -0.212. The van der Waals surface area contributed by atoms with Gasteiger partial charge in [0, 0.05) is 19.8 Å². The van der Waals surface area contributed by atoms with Crippen molar-refractivity contribution in [2.45, 2.75) is 6.92 Å². The highest BCUT2D eigenvalue weighted by molar-refractivity contribution is 5.38. The quantitative estimate of drug-likeness (QED) is 0.735. The molecular formula is C10H12FN3. The van der Waals surface area contributed by atoms with Crippen LogP contribution in [0, 0.1) is 23.1 Å². The molecule has 0 saturated carbocycles. The van der Waals surface area contributed by atoms with E-state index in [-0.39, 0.29) is 17.6 Å². The van der Waals surface area contributed by atoms with Crippen molar-refractivity contribution in [3.8, 4) is 6.07 Å². The number of nitriles is 1. The molecule has 0 fully saturated rings. The van der Waals surface area contributed by atoms with E-state index in [1.807, 2.05) is 0 Å². The largest absolute Gasteiger partial charge is 0.356 e. The number of rotatable bonds is 3. The average Bonchev–Trinajstić information content (AvgIpc) is 2.18. The second-order valence-electron chi connectivity index (χ2n) is 3.22. The maximum atomic E-state index is 13.2. The Bertz CT molecular complexity index is 345. The third-order valence-electron chi connectivity index (χ3n) is 1.87. The molecule has 0 amide bonds. The summed E-state index contributed by atoms with van der Waals surface area (Å²) < 4.78 is 13.2. The van der Waals surface area contributed by atoms with Crippen molar-refractivity contribution >= 4 is 5.82 Å². The van der Waals surface area contributed by atoms with Gasteiger partial charge < -0.3 is 4.90 Å². The lowest BCUT2D eigenvalue weighted by Crippen LogP contribution is -2.25. The van der Waals surface area contributed by atoms with Gasteiger partial charge in [0.2, 0.25) is 0 Å². The molecule has 0 spiro atoms. The molecule has 0 saturated heterocycles. The molecule has 1 rings (SSSR count). The van der Waals surface area contributed by atoms with Gasteiger partial charge in [0.05, 0.1) is 12.0 Å². The topological polar surface area (TPSA) is 39.9 Å². The molecule has 0 aliphatic rings. The molecule has 74 valence electrons. The first-order chi connectivity index (χ1) is 6.65. The first-order valence-electron chi connectivity index (χ1n) is 4.36. The molecule has 3 nitrogen and oxygen atoms in total. The summed E-state index contributed by atoms with van der Waals surface area (Å²) in [4.78, 5) is 5.55. The molecule has 1 unspecified atom stereocenters. The average molecular weight is 193 g/mol. The molecule has 1 heterocycles. The third-order valence-corrected chi connectivity index (χ3v) is 1.87. The van der Waals surface area contributed by atoms with E-state index in [1.165, 1.54) is 12.3 Å². The van der Waals surface area contributed by atoms with Crippen molar-refractivity contribution in [2.24, 2.45) is 5.92 Å². The lowest BCUT2D eigenvalue weighted by atomic mass is 10.2. The summed E-state index contributed by atoms with van der Waals surface area (Å²) in [5.41, 5.74) is 0.